The Morgan fingerprint density at radius 1 is 1.71 bits per heavy atom. The zero-order valence-corrected chi connectivity index (χ0v) is 8.71. The molecule has 1 aromatic heterocycles. The van der Waals surface area contributed by atoms with E-state index in [0.29, 0.717) is 4.47 Å². The number of halogens is 2. The Kier molecular flexibility index (Phi) is 3.82. The molecule has 14 heavy (non-hydrogen) atoms. The average Bonchev–Trinajstić information content (AvgIpc) is 2.08. The molecule has 2 N–H and O–H groups in total. The van der Waals surface area contributed by atoms with Crippen LogP contribution in [0, 0.1) is 5.82 Å². The highest BCUT2D eigenvalue weighted by atomic mass is 79.9. The average molecular weight is 263 g/mol. The van der Waals surface area contributed by atoms with Crippen LogP contribution in [0.2, 0.25) is 0 Å². The molecule has 1 amide bonds. The number of carboxylic acid groups (broad SMARTS) is 1. The van der Waals surface area contributed by atoms with Gasteiger partial charge in [0.15, 0.2) is 0 Å². The lowest BCUT2D eigenvalue weighted by molar-refractivity contribution is 0.194. The summed E-state index contributed by atoms with van der Waals surface area (Å²) in [6.07, 6.45) is 0.590. The van der Waals surface area contributed by atoms with Crippen LogP contribution in [0.3, 0.4) is 0 Å². The van der Waals surface area contributed by atoms with Gasteiger partial charge in [-0.2, -0.15) is 0 Å². The SMILES string of the molecule is O=C(O)NCCc1ncc(Br)cc1F. The molecule has 1 heterocycles. The lowest BCUT2D eigenvalue weighted by Gasteiger charge is -2.02. The van der Waals surface area contributed by atoms with Gasteiger partial charge in [0.25, 0.3) is 0 Å². The molecular formula is C8H8BrFN2O2. The van der Waals surface area contributed by atoms with Crippen LogP contribution in [0.25, 0.3) is 0 Å². The van der Waals surface area contributed by atoms with Crippen LogP contribution in [-0.2, 0) is 6.42 Å². The van der Waals surface area contributed by atoms with E-state index in [-0.39, 0.29) is 18.7 Å². The van der Waals surface area contributed by atoms with Crippen molar-refractivity contribution < 1.29 is 14.3 Å². The van der Waals surface area contributed by atoms with Gasteiger partial charge in [-0.15, -0.1) is 0 Å². The molecule has 0 aromatic carbocycles. The fourth-order valence-corrected chi connectivity index (χ4v) is 1.22. The van der Waals surface area contributed by atoms with Crippen molar-refractivity contribution in [2.75, 3.05) is 6.54 Å². The fourth-order valence-electron chi connectivity index (χ4n) is 0.915. The number of hydrogen-bond acceptors (Lipinski definition) is 2. The monoisotopic (exact) mass is 262 g/mol. The summed E-state index contributed by atoms with van der Waals surface area (Å²) in [5.74, 6) is -0.438. The van der Waals surface area contributed by atoms with Gasteiger partial charge in [0, 0.05) is 23.6 Å². The molecule has 0 atom stereocenters. The van der Waals surface area contributed by atoms with Crippen molar-refractivity contribution in [3.8, 4) is 0 Å². The van der Waals surface area contributed by atoms with Crippen molar-refractivity contribution in [3.63, 3.8) is 0 Å². The van der Waals surface area contributed by atoms with E-state index in [4.69, 9.17) is 5.11 Å². The molecule has 6 heteroatoms. The van der Waals surface area contributed by atoms with Crippen LogP contribution in [-0.4, -0.2) is 22.7 Å². The molecule has 1 aromatic rings. The lowest BCUT2D eigenvalue weighted by atomic mass is 10.2. The normalized spacial score (nSPS) is 9.86. The van der Waals surface area contributed by atoms with Crippen molar-refractivity contribution in [1.29, 1.82) is 0 Å². The second kappa shape index (κ2) is 4.90. The molecule has 4 nitrogen and oxygen atoms in total. The van der Waals surface area contributed by atoms with Gasteiger partial charge in [0.05, 0.1) is 5.69 Å². The standard InChI is InChI=1S/C8H8BrFN2O2/c9-5-3-6(10)7(12-4-5)1-2-11-8(13)14/h3-4,11H,1-2H2,(H,13,14). The summed E-state index contributed by atoms with van der Waals surface area (Å²) in [5, 5.41) is 10.4. The second-order valence-electron chi connectivity index (χ2n) is 2.56. The van der Waals surface area contributed by atoms with Gasteiger partial charge in [-0.25, -0.2) is 9.18 Å². The lowest BCUT2D eigenvalue weighted by Crippen LogP contribution is -2.23. The number of nitrogens with one attached hydrogen (secondary N) is 1. The minimum atomic E-state index is -1.12. The molecule has 0 aliphatic carbocycles. The molecule has 0 saturated heterocycles. The molecule has 0 bridgehead atoms. The number of pyridine rings is 1. The van der Waals surface area contributed by atoms with Crippen LogP contribution in [0.4, 0.5) is 9.18 Å². The Bertz CT molecular complexity index is 346. The van der Waals surface area contributed by atoms with E-state index < -0.39 is 11.9 Å². The summed E-state index contributed by atoms with van der Waals surface area (Å²) in [4.78, 5) is 13.9. The van der Waals surface area contributed by atoms with Crippen LogP contribution >= 0.6 is 15.9 Å². The number of rotatable bonds is 3. The Morgan fingerprint density at radius 2 is 2.43 bits per heavy atom. The number of aromatic nitrogens is 1. The maximum absolute atomic E-state index is 13.1. The molecule has 0 unspecified atom stereocenters. The van der Waals surface area contributed by atoms with E-state index >= 15 is 0 Å². The summed E-state index contributed by atoms with van der Waals surface area (Å²) in [6, 6.07) is 1.29. The highest BCUT2D eigenvalue weighted by Crippen LogP contribution is 2.12. The molecule has 0 aliphatic heterocycles. The van der Waals surface area contributed by atoms with Crippen molar-refractivity contribution in [2.45, 2.75) is 6.42 Å². The van der Waals surface area contributed by atoms with Gasteiger partial charge < -0.3 is 10.4 Å². The number of hydrogen-bond donors (Lipinski definition) is 2. The smallest absolute Gasteiger partial charge is 0.404 e. The van der Waals surface area contributed by atoms with Gasteiger partial charge in [-0.3, -0.25) is 4.98 Å². The number of nitrogens with zero attached hydrogens (tertiary/aromatic N) is 1. The van der Waals surface area contributed by atoms with Gasteiger partial charge in [-0.1, -0.05) is 0 Å². The summed E-state index contributed by atoms with van der Waals surface area (Å²) >= 11 is 3.08. The Hall–Kier alpha value is -1.17. The van der Waals surface area contributed by atoms with Crippen molar-refractivity contribution in [1.82, 2.24) is 10.3 Å². The first kappa shape index (κ1) is 10.9. The first-order valence-electron chi connectivity index (χ1n) is 3.86. The maximum Gasteiger partial charge on any atom is 0.404 e. The van der Waals surface area contributed by atoms with E-state index in [1.807, 2.05) is 0 Å². The fraction of sp³-hybridized carbons (Fsp3) is 0.250. The van der Waals surface area contributed by atoms with Crippen molar-refractivity contribution in [3.05, 3.63) is 28.2 Å². The van der Waals surface area contributed by atoms with E-state index in [2.05, 4.69) is 26.2 Å². The zero-order valence-electron chi connectivity index (χ0n) is 7.13. The predicted molar refractivity (Wildman–Crippen MR) is 51.6 cm³/mol. The van der Waals surface area contributed by atoms with Crippen LogP contribution in [0.15, 0.2) is 16.7 Å². The van der Waals surface area contributed by atoms with E-state index in [0.717, 1.165) is 0 Å². The summed E-state index contributed by atoms with van der Waals surface area (Å²) < 4.78 is 13.7. The molecule has 0 radical (unpaired) electrons. The second-order valence-corrected chi connectivity index (χ2v) is 3.48. The largest absolute Gasteiger partial charge is 0.465 e. The van der Waals surface area contributed by atoms with Gasteiger partial charge in [0.2, 0.25) is 0 Å². The zero-order chi connectivity index (χ0) is 10.6. The third kappa shape index (κ3) is 3.29. The third-order valence-electron chi connectivity index (χ3n) is 1.52. The molecular weight excluding hydrogens is 255 g/mol. The summed E-state index contributed by atoms with van der Waals surface area (Å²) in [7, 11) is 0. The van der Waals surface area contributed by atoms with Gasteiger partial charge in [-0.05, 0) is 22.0 Å². The number of amides is 1. The topological polar surface area (TPSA) is 62.2 Å². The third-order valence-corrected chi connectivity index (χ3v) is 1.96. The van der Waals surface area contributed by atoms with E-state index in [9.17, 15) is 9.18 Å². The van der Waals surface area contributed by atoms with E-state index in [1.165, 1.54) is 12.3 Å². The molecule has 0 fully saturated rings. The highest BCUT2D eigenvalue weighted by molar-refractivity contribution is 9.10. The quantitative estimate of drug-likeness (QED) is 0.873. The summed E-state index contributed by atoms with van der Waals surface area (Å²) in [6.45, 7) is 0.154. The van der Waals surface area contributed by atoms with E-state index in [1.54, 1.807) is 0 Å². The van der Waals surface area contributed by atoms with Crippen LogP contribution < -0.4 is 5.32 Å². The minimum absolute atomic E-state index is 0.154. The highest BCUT2D eigenvalue weighted by Gasteiger charge is 2.04. The maximum atomic E-state index is 13.1. The Morgan fingerprint density at radius 3 is 3.00 bits per heavy atom. The van der Waals surface area contributed by atoms with Crippen molar-refractivity contribution in [2.24, 2.45) is 0 Å². The summed E-state index contributed by atoms with van der Waals surface area (Å²) in [5.41, 5.74) is 0.252. The minimum Gasteiger partial charge on any atom is -0.465 e. The Balaban J connectivity index is 2.55. The predicted octanol–water partition coefficient (Wildman–Crippen LogP) is 1.79. The van der Waals surface area contributed by atoms with Gasteiger partial charge in [0.1, 0.15) is 5.82 Å². The first-order valence-corrected chi connectivity index (χ1v) is 4.65. The van der Waals surface area contributed by atoms with Crippen LogP contribution in [0.5, 0.6) is 0 Å². The molecule has 0 aliphatic rings. The number of carbonyl (C=O) groups is 1. The molecule has 1 rings (SSSR count). The molecule has 76 valence electrons. The molecule has 0 spiro atoms. The first-order chi connectivity index (χ1) is 6.59. The molecule has 0 saturated carbocycles. The van der Waals surface area contributed by atoms with Crippen molar-refractivity contribution >= 4 is 22.0 Å². The Labute approximate surface area is 88.3 Å². The van der Waals surface area contributed by atoms with Crippen LogP contribution in [0.1, 0.15) is 5.69 Å². The van der Waals surface area contributed by atoms with Gasteiger partial charge >= 0.3 is 6.09 Å².